The molecule has 0 saturated carbocycles. The zero-order valence-electron chi connectivity index (χ0n) is 18.8. The first-order chi connectivity index (χ1) is 14.0. The molecule has 1 amide bonds. The van der Waals surface area contributed by atoms with Crippen LogP contribution in [0.25, 0.3) is 12.2 Å². The van der Waals surface area contributed by atoms with Crippen LogP contribution in [0.15, 0.2) is 24.3 Å². The van der Waals surface area contributed by atoms with E-state index in [0.717, 1.165) is 5.56 Å². The van der Waals surface area contributed by atoms with Gasteiger partial charge in [-0.15, -0.1) is 0 Å². The average Bonchev–Trinajstić information content (AvgIpc) is 2.65. The van der Waals surface area contributed by atoms with Gasteiger partial charge < -0.3 is 19.1 Å². The van der Waals surface area contributed by atoms with Crippen LogP contribution in [-0.4, -0.2) is 50.2 Å². The number of ether oxygens (including phenoxy) is 3. The van der Waals surface area contributed by atoms with Crippen LogP contribution in [0.1, 0.15) is 51.3 Å². The van der Waals surface area contributed by atoms with Gasteiger partial charge in [0.1, 0.15) is 5.75 Å². The van der Waals surface area contributed by atoms with Crippen LogP contribution in [-0.2, 0) is 24.5 Å². The summed E-state index contributed by atoms with van der Waals surface area (Å²) in [5.41, 5.74) is 1.71. The Morgan fingerprint density at radius 2 is 1.33 bits per heavy atom. The number of nitrogens with zero attached hydrogens (tertiary/aromatic N) is 1. The van der Waals surface area contributed by atoms with Crippen LogP contribution in [0.5, 0.6) is 5.75 Å². The van der Waals surface area contributed by atoms with Gasteiger partial charge in [-0.05, 0) is 49.1 Å². The number of carbonyl (C=O) groups excluding carboxylic acids is 3. The first-order valence-corrected chi connectivity index (χ1v) is 9.76. The fourth-order valence-electron chi connectivity index (χ4n) is 2.35. The SMILES string of the molecule is CCOC(=O)/C=C/c1cc(C(C)(C)C)cc(/C=C/C(=O)OCC)c1OC(=O)N(C)C. The molecule has 0 fully saturated rings. The average molecular weight is 418 g/mol. The lowest BCUT2D eigenvalue weighted by Crippen LogP contribution is -2.26. The number of hydrogen-bond acceptors (Lipinski definition) is 6. The Hall–Kier alpha value is -3.09. The summed E-state index contributed by atoms with van der Waals surface area (Å²) in [5.74, 6) is -0.790. The van der Waals surface area contributed by atoms with Gasteiger partial charge in [-0.1, -0.05) is 20.8 Å². The summed E-state index contributed by atoms with van der Waals surface area (Å²) in [5, 5.41) is 0. The second-order valence-corrected chi connectivity index (χ2v) is 7.67. The molecular weight excluding hydrogens is 386 g/mol. The maximum atomic E-state index is 12.3. The maximum Gasteiger partial charge on any atom is 0.414 e. The fourth-order valence-corrected chi connectivity index (χ4v) is 2.35. The third-order valence-electron chi connectivity index (χ3n) is 3.94. The number of carbonyl (C=O) groups is 3. The van der Waals surface area contributed by atoms with Crippen molar-refractivity contribution in [1.82, 2.24) is 4.90 Å². The molecule has 164 valence electrons. The molecule has 1 rings (SSSR count). The molecule has 0 aliphatic heterocycles. The van der Waals surface area contributed by atoms with Crippen molar-refractivity contribution >= 4 is 30.2 Å². The van der Waals surface area contributed by atoms with Crippen LogP contribution in [0.4, 0.5) is 4.79 Å². The molecule has 1 aromatic rings. The monoisotopic (exact) mass is 417 g/mol. The zero-order chi connectivity index (χ0) is 22.9. The lowest BCUT2D eigenvalue weighted by Gasteiger charge is -2.23. The summed E-state index contributed by atoms with van der Waals surface area (Å²) in [6.45, 7) is 10.0. The number of hydrogen-bond donors (Lipinski definition) is 0. The molecule has 30 heavy (non-hydrogen) atoms. The van der Waals surface area contributed by atoms with Gasteiger partial charge in [-0.3, -0.25) is 0 Å². The van der Waals surface area contributed by atoms with E-state index in [9.17, 15) is 14.4 Å². The molecular formula is C23H31NO6. The van der Waals surface area contributed by atoms with Crippen molar-refractivity contribution < 1.29 is 28.6 Å². The summed E-state index contributed by atoms with van der Waals surface area (Å²) in [7, 11) is 3.13. The lowest BCUT2D eigenvalue weighted by atomic mass is 9.84. The molecule has 0 bridgehead atoms. The van der Waals surface area contributed by atoms with E-state index < -0.39 is 18.0 Å². The molecule has 0 aromatic heterocycles. The molecule has 7 heteroatoms. The van der Waals surface area contributed by atoms with E-state index in [1.54, 1.807) is 27.9 Å². The summed E-state index contributed by atoms with van der Waals surface area (Å²) < 4.78 is 15.4. The van der Waals surface area contributed by atoms with E-state index in [1.807, 2.05) is 32.9 Å². The molecule has 0 spiro atoms. The van der Waals surface area contributed by atoms with Crippen LogP contribution in [0.3, 0.4) is 0 Å². The van der Waals surface area contributed by atoms with E-state index >= 15 is 0 Å². The molecule has 0 N–H and O–H groups in total. The zero-order valence-corrected chi connectivity index (χ0v) is 18.8. The number of esters is 2. The van der Waals surface area contributed by atoms with E-state index in [4.69, 9.17) is 14.2 Å². The highest BCUT2D eigenvalue weighted by atomic mass is 16.6. The van der Waals surface area contributed by atoms with Crippen molar-refractivity contribution in [2.75, 3.05) is 27.3 Å². The summed E-state index contributed by atoms with van der Waals surface area (Å²) in [6.07, 6.45) is 5.03. The molecule has 0 aliphatic rings. The first kappa shape index (κ1) is 24.9. The highest BCUT2D eigenvalue weighted by molar-refractivity contribution is 5.90. The topological polar surface area (TPSA) is 82.1 Å². The Morgan fingerprint density at radius 3 is 1.67 bits per heavy atom. The fraction of sp³-hybridized carbons (Fsp3) is 0.435. The summed E-state index contributed by atoms with van der Waals surface area (Å²) in [4.78, 5) is 37.2. The van der Waals surface area contributed by atoms with Gasteiger partial charge in [0, 0.05) is 37.4 Å². The van der Waals surface area contributed by atoms with Crippen molar-refractivity contribution in [3.63, 3.8) is 0 Å². The van der Waals surface area contributed by atoms with Crippen LogP contribution in [0.2, 0.25) is 0 Å². The minimum atomic E-state index is -0.588. The molecule has 0 radical (unpaired) electrons. The van der Waals surface area contributed by atoms with Gasteiger partial charge in [0.15, 0.2) is 0 Å². The number of amides is 1. The van der Waals surface area contributed by atoms with Crippen molar-refractivity contribution in [3.8, 4) is 5.75 Å². The van der Waals surface area contributed by atoms with Gasteiger partial charge in [-0.25, -0.2) is 14.4 Å². The molecule has 0 saturated heterocycles. The smallest absolute Gasteiger partial charge is 0.414 e. The van der Waals surface area contributed by atoms with Crippen LogP contribution >= 0.6 is 0 Å². The van der Waals surface area contributed by atoms with E-state index in [0.29, 0.717) is 11.1 Å². The molecule has 7 nitrogen and oxygen atoms in total. The van der Waals surface area contributed by atoms with Crippen molar-refractivity contribution in [3.05, 3.63) is 41.0 Å². The van der Waals surface area contributed by atoms with Gasteiger partial charge in [-0.2, -0.15) is 0 Å². The molecule has 1 aromatic carbocycles. The maximum absolute atomic E-state index is 12.3. The Labute approximate surface area is 178 Å². The minimum absolute atomic E-state index is 0.225. The standard InChI is InChI=1S/C23H31NO6/c1-8-28-19(25)12-10-16-14-18(23(3,4)5)15-17(11-13-20(26)29-9-2)21(16)30-22(27)24(6)7/h10-15H,8-9H2,1-7H3/b12-10+,13-11+. The predicted molar refractivity (Wildman–Crippen MR) is 116 cm³/mol. The van der Waals surface area contributed by atoms with E-state index in [1.165, 1.54) is 29.2 Å². The van der Waals surface area contributed by atoms with Gasteiger partial charge in [0.25, 0.3) is 0 Å². The highest BCUT2D eigenvalue weighted by Gasteiger charge is 2.20. The van der Waals surface area contributed by atoms with Crippen molar-refractivity contribution in [1.29, 1.82) is 0 Å². The second-order valence-electron chi connectivity index (χ2n) is 7.67. The summed E-state index contributed by atoms with van der Waals surface area (Å²) >= 11 is 0. The largest absolute Gasteiger partial charge is 0.463 e. The van der Waals surface area contributed by atoms with Crippen LogP contribution < -0.4 is 4.74 Å². The normalized spacial score (nSPS) is 11.6. The van der Waals surface area contributed by atoms with Crippen LogP contribution in [0, 0.1) is 0 Å². The number of benzene rings is 1. The third kappa shape index (κ3) is 7.73. The number of rotatable bonds is 7. The molecule has 0 heterocycles. The van der Waals surface area contributed by atoms with Gasteiger partial charge in [0.2, 0.25) is 0 Å². The molecule has 0 atom stereocenters. The molecule has 0 aliphatic carbocycles. The van der Waals surface area contributed by atoms with E-state index in [2.05, 4.69) is 0 Å². The lowest BCUT2D eigenvalue weighted by molar-refractivity contribution is -0.138. The van der Waals surface area contributed by atoms with Gasteiger partial charge in [0.05, 0.1) is 13.2 Å². The third-order valence-corrected chi connectivity index (χ3v) is 3.94. The Balaban J connectivity index is 3.62. The van der Waals surface area contributed by atoms with Gasteiger partial charge >= 0.3 is 18.0 Å². The predicted octanol–water partition coefficient (Wildman–Crippen LogP) is 4.20. The highest BCUT2D eigenvalue weighted by Crippen LogP contribution is 2.34. The molecule has 0 unspecified atom stereocenters. The Bertz CT molecular complexity index is 782. The quantitative estimate of drug-likeness (QED) is 0.489. The van der Waals surface area contributed by atoms with Crippen molar-refractivity contribution in [2.24, 2.45) is 0 Å². The van der Waals surface area contributed by atoms with Crippen molar-refractivity contribution in [2.45, 2.75) is 40.0 Å². The Morgan fingerprint density at radius 1 is 0.900 bits per heavy atom. The second kappa shape index (κ2) is 11.2. The Kier molecular flexibility index (Phi) is 9.30. The summed E-state index contributed by atoms with van der Waals surface area (Å²) in [6, 6.07) is 3.69. The van der Waals surface area contributed by atoms with E-state index in [-0.39, 0.29) is 24.4 Å². The minimum Gasteiger partial charge on any atom is -0.463 e. The first-order valence-electron chi connectivity index (χ1n) is 9.76.